The van der Waals surface area contributed by atoms with Crippen molar-refractivity contribution < 1.29 is 14.6 Å². The highest BCUT2D eigenvalue weighted by atomic mass is 35.5. The van der Waals surface area contributed by atoms with Gasteiger partial charge in [-0.2, -0.15) is 4.89 Å². The molecule has 0 bridgehead atoms. The molecule has 0 aliphatic heterocycles. The van der Waals surface area contributed by atoms with Crippen molar-refractivity contribution in [2.45, 2.75) is 0 Å². The Morgan fingerprint density at radius 1 is 1.62 bits per heavy atom. The molecule has 0 heterocycles. The molecule has 8 heavy (non-hydrogen) atoms. The standard InChI is InChI=1S/C3H4Cl2O3/c4-1-2-7-8-3(5)6/h1-2H2. The summed E-state index contributed by atoms with van der Waals surface area (Å²) in [5, 5.41) is 0. The summed E-state index contributed by atoms with van der Waals surface area (Å²) in [5.41, 5.74) is -0.991. The molecule has 5 heteroatoms. The van der Waals surface area contributed by atoms with Crippen LogP contribution in [0.4, 0.5) is 4.79 Å². The van der Waals surface area contributed by atoms with Gasteiger partial charge in [-0.1, -0.05) is 0 Å². The normalized spacial score (nSPS) is 8.75. The Morgan fingerprint density at radius 2 is 2.25 bits per heavy atom. The molecule has 0 unspecified atom stereocenters. The lowest BCUT2D eigenvalue weighted by Gasteiger charge is -1.93. The summed E-state index contributed by atoms with van der Waals surface area (Å²) in [6.45, 7) is 0.153. The Hall–Kier alpha value is 0.01000. The van der Waals surface area contributed by atoms with Crippen LogP contribution in [0.15, 0.2) is 0 Å². The lowest BCUT2D eigenvalue weighted by atomic mass is 10.9. The number of hydrogen-bond donors (Lipinski definition) is 0. The van der Waals surface area contributed by atoms with E-state index in [9.17, 15) is 4.79 Å². The zero-order valence-corrected chi connectivity index (χ0v) is 5.41. The SMILES string of the molecule is O=C(Cl)OOCCCl. The second-order valence-electron chi connectivity index (χ2n) is 0.832. The van der Waals surface area contributed by atoms with Crippen LogP contribution < -0.4 is 0 Å². The van der Waals surface area contributed by atoms with Gasteiger partial charge in [0.15, 0.2) is 0 Å². The monoisotopic (exact) mass is 158 g/mol. The molecular weight excluding hydrogens is 155 g/mol. The van der Waals surface area contributed by atoms with E-state index < -0.39 is 5.43 Å². The Labute approximate surface area is 56.4 Å². The molecule has 0 aliphatic carbocycles. The molecule has 0 aromatic rings. The van der Waals surface area contributed by atoms with Crippen molar-refractivity contribution in [2.24, 2.45) is 0 Å². The van der Waals surface area contributed by atoms with Crippen LogP contribution in [-0.4, -0.2) is 17.9 Å². The molecule has 0 atom stereocenters. The van der Waals surface area contributed by atoms with Gasteiger partial charge >= 0.3 is 5.43 Å². The first-order valence-corrected chi connectivity index (χ1v) is 2.73. The largest absolute Gasteiger partial charge is 0.435 e. The van der Waals surface area contributed by atoms with E-state index in [-0.39, 0.29) is 12.5 Å². The molecule has 0 amide bonds. The average molecular weight is 159 g/mol. The topological polar surface area (TPSA) is 35.5 Å². The minimum absolute atomic E-state index is 0.153. The van der Waals surface area contributed by atoms with Gasteiger partial charge in [0.25, 0.3) is 0 Å². The maximum atomic E-state index is 9.69. The van der Waals surface area contributed by atoms with Gasteiger partial charge in [0.2, 0.25) is 0 Å². The van der Waals surface area contributed by atoms with Crippen molar-refractivity contribution in [1.82, 2.24) is 0 Å². The molecule has 0 rings (SSSR count). The number of carbonyl (C=O) groups is 1. The van der Waals surface area contributed by atoms with Crippen LogP contribution in [0.5, 0.6) is 0 Å². The van der Waals surface area contributed by atoms with Crippen molar-refractivity contribution in [1.29, 1.82) is 0 Å². The van der Waals surface area contributed by atoms with Crippen LogP contribution in [0.1, 0.15) is 0 Å². The van der Waals surface area contributed by atoms with E-state index in [0.29, 0.717) is 0 Å². The van der Waals surface area contributed by atoms with Gasteiger partial charge in [-0.05, 0) is 0 Å². The summed E-state index contributed by atoms with van der Waals surface area (Å²) < 4.78 is 0. The average Bonchev–Trinajstić information content (AvgIpc) is 1.66. The maximum Gasteiger partial charge on any atom is 0.435 e. The third-order valence-corrected chi connectivity index (χ3v) is 0.502. The number of halogens is 2. The predicted octanol–water partition coefficient (Wildman–Crippen LogP) is 1.53. The Balaban J connectivity index is 2.82. The first kappa shape index (κ1) is 8.01. The van der Waals surface area contributed by atoms with Crippen LogP contribution in [0.25, 0.3) is 0 Å². The van der Waals surface area contributed by atoms with Gasteiger partial charge in [0, 0.05) is 11.6 Å². The highest BCUT2D eigenvalue weighted by Crippen LogP contribution is 1.87. The predicted molar refractivity (Wildman–Crippen MR) is 29.0 cm³/mol. The van der Waals surface area contributed by atoms with Gasteiger partial charge in [-0.15, -0.1) is 11.6 Å². The van der Waals surface area contributed by atoms with Crippen molar-refractivity contribution in [3.05, 3.63) is 0 Å². The minimum Gasteiger partial charge on any atom is -0.280 e. The molecular formula is C3H4Cl2O3. The lowest BCUT2D eigenvalue weighted by Crippen LogP contribution is -1.98. The summed E-state index contributed by atoms with van der Waals surface area (Å²) in [5.74, 6) is 0.268. The van der Waals surface area contributed by atoms with Crippen molar-refractivity contribution in [3.63, 3.8) is 0 Å². The first-order chi connectivity index (χ1) is 3.77. The summed E-state index contributed by atoms with van der Waals surface area (Å²) in [7, 11) is 0. The second kappa shape index (κ2) is 5.15. The van der Waals surface area contributed by atoms with Gasteiger partial charge < -0.3 is 0 Å². The smallest absolute Gasteiger partial charge is 0.280 e. The van der Waals surface area contributed by atoms with Crippen LogP contribution in [0.3, 0.4) is 0 Å². The number of hydrogen-bond acceptors (Lipinski definition) is 3. The van der Waals surface area contributed by atoms with Gasteiger partial charge in [-0.3, -0.25) is 4.89 Å². The fourth-order valence-electron chi connectivity index (χ4n) is 0.119. The zero-order chi connectivity index (χ0) is 6.41. The molecule has 0 N–H and O–H groups in total. The van der Waals surface area contributed by atoms with E-state index in [1.165, 1.54) is 0 Å². The quantitative estimate of drug-likeness (QED) is 0.206. The Morgan fingerprint density at radius 3 is 2.62 bits per heavy atom. The molecule has 48 valence electrons. The van der Waals surface area contributed by atoms with Gasteiger partial charge in [0.05, 0.1) is 5.88 Å². The van der Waals surface area contributed by atoms with Crippen molar-refractivity contribution >= 4 is 28.6 Å². The van der Waals surface area contributed by atoms with E-state index in [4.69, 9.17) is 11.6 Å². The van der Waals surface area contributed by atoms with Crippen LogP contribution in [0.2, 0.25) is 0 Å². The van der Waals surface area contributed by atoms with Crippen LogP contribution in [-0.2, 0) is 9.78 Å². The third kappa shape index (κ3) is 6.01. The van der Waals surface area contributed by atoms with Crippen LogP contribution in [0, 0.1) is 0 Å². The fraction of sp³-hybridized carbons (Fsp3) is 0.667. The van der Waals surface area contributed by atoms with E-state index in [2.05, 4.69) is 21.4 Å². The molecule has 0 radical (unpaired) electrons. The van der Waals surface area contributed by atoms with Gasteiger partial charge in [0.1, 0.15) is 6.61 Å². The molecule has 0 saturated carbocycles. The molecule has 0 spiro atoms. The summed E-state index contributed by atoms with van der Waals surface area (Å²) in [4.78, 5) is 17.6. The molecule has 0 aromatic heterocycles. The maximum absolute atomic E-state index is 9.69. The van der Waals surface area contributed by atoms with Crippen molar-refractivity contribution in [2.75, 3.05) is 12.5 Å². The summed E-state index contributed by atoms with van der Waals surface area (Å²) in [6, 6.07) is 0. The molecule has 3 nitrogen and oxygen atoms in total. The van der Waals surface area contributed by atoms with Crippen LogP contribution >= 0.6 is 23.2 Å². The molecule has 0 fully saturated rings. The minimum atomic E-state index is -0.991. The van der Waals surface area contributed by atoms with E-state index in [1.807, 2.05) is 0 Å². The third-order valence-electron chi connectivity index (χ3n) is 0.285. The summed E-state index contributed by atoms with van der Waals surface area (Å²) in [6.07, 6.45) is 0. The fourth-order valence-corrected chi connectivity index (χ4v) is 0.227. The molecule has 0 saturated heterocycles. The lowest BCUT2D eigenvalue weighted by molar-refractivity contribution is -0.225. The Kier molecular flexibility index (Phi) is 5.16. The van der Waals surface area contributed by atoms with Gasteiger partial charge in [-0.25, -0.2) is 4.79 Å². The summed E-state index contributed by atoms with van der Waals surface area (Å²) >= 11 is 9.81. The number of rotatable bonds is 3. The first-order valence-electron chi connectivity index (χ1n) is 1.82. The number of carbonyl (C=O) groups excluding carboxylic acids is 1. The molecule has 0 aliphatic rings. The number of alkyl halides is 1. The van der Waals surface area contributed by atoms with E-state index in [1.54, 1.807) is 0 Å². The zero-order valence-electron chi connectivity index (χ0n) is 3.89. The highest BCUT2D eigenvalue weighted by Gasteiger charge is 1.93. The Bertz CT molecular complexity index is 74.9. The van der Waals surface area contributed by atoms with E-state index in [0.717, 1.165) is 0 Å². The second-order valence-corrected chi connectivity index (χ2v) is 1.52. The van der Waals surface area contributed by atoms with E-state index >= 15 is 0 Å². The highest BCUT2D eigenvalue weighted by molar-refractivity contribution is 6.61. The van der Waals surface area contributed by atoms with Crippen molar-refractivity contribution in [3.8, 4) is 0 Å². The molecule has 0 aromatic carbocycles.